The number of hydrogen-bond acceptors (Lipinski definition) is 5. The van der Waals surface area contributed by atoms with E-state index >= 15 is 0 Å². The first-order valence-electron chi connectivity index (χ1n) is 8.45. The molecule has 12 heteroatoms. The zero-order chi connectivity index (χ0) is 22.1. The van der Waals surface area contributed by atoms with E-state index in [4.69, 9.17) is 16.7 Å². The molecule has 3 rings (SSSR count). The molecule has 0 fully saturated rings. The smallest absolute Gasteiger partial charge is 0.395 e. The van der Waals surface area contributed by atoms with Gasteiger partial charge < -0.3 is 10.4 Å². The average Bonchev–Trinajstić information content (AvgIpc) is 3.10. The molecule has 0 aliphatic carbocycles. The molecule has 0 spiro atoms. The van der Waals surface area contributed by atoms with E-state index in [0.717, 1.165) is 29.9 Å². The number of fused-ring (bicyclic) bond motifs is 1. The van der Waals surface area contributed by atoms with Gasteiger partial charge in [0.25, 0.3) is 5.78 Å². The molecule has 0 aliphatic heterocycles. The molecule has 0 amide bonds. The lowest BCUT2D eigenvalue weighted by atomic mass is 10.0. The SMILES string of the molecule is C[C@H](Nc1c(-c2c(F)cc(C#CCCO)cc2F)c(Cl)nc2ncnn12)C(F)(F)F. The Kier molecular flexibility index (Phi) is 6.09. The second-order valence-electron chi connectivity index (χ2n) is 6.10. The van der Waals surface area contributed by atoms with Gasteiger partial charge in [0.2, 0.25) is 0 Å². The summed E-state index contributed by atoms with van der Waals surface area (Å²) in [6.45, 7) is 0.606. The summed E-state index contributed by atoms with van der Waals surface area (Å²) in [5.41, 5.74) is -1.17. The molecule has 2 N–H and O–H groups in total. The van der Waals surface area contributed by atoms with Crippen LogP contribution in [-0.2, 0) is 0 Å². The number of rotatable bonds is 4. The summed E-state index contributed by atoms with van der Waals surface area (Å²) in [6, 6.07) is -0.291. The maximum atomic E-state index is 14.8. The third-order valence-electron chi connectivity index (χ3n) is 3.99. The number of aliphatic hydroxyl groups excluding tert-OH is 1. The average molecular weight is 446 g/mol. The van der Waals surface area contributed by atoms with Crippen molar-refractivity contribution in [1.82, 2.24) is 19.6 Å². The summed E-state index contributed by atoms with van der Waals surface area (Å²) in [4.78, 5) is 7.61. The van der Waals surface area contributed by atoms with E-state index in [9.17, 15) is 22.0 Å². The second-order valence-corrected chi connectivity index (χ2v) is 6.45. The van der Waals surface area contributed by atoms with Gasteiger partial charge in [0, 0.05) is 12.0 Å². The van der Waals surface area contributed by atoms with Gasteiger partial charge in [0.15, 0.2) is 0 Å². The third-order valence-corrected chi connectivity index (χ3v) is 4.26. The van der Waals surface area contributed by atoms with Crippen LogP contribution >= 0.6 is 11.6 Å². The quantitative estimate of drug-likeness (QED) is 0.363. The van der Waals surface area contributed by atoms with Gasteiger partial charge in [0.05, 0.1) is 17.7 Å². The Bertz CT molecular complexity index is 1130. The first-order chi connectivity index (χ1) is 14.1. The van der Waals surface area contributed by atoms with Gasteiger partial charge in [-0.2, -0.15) is 32.8 Å². The standard InChI is InChI=1S/C18H13ClF5N5O/c1-9(18(22,23)24)27-16-14(15(19)28-17-25-8-26-29(16)17)13-11(20)6-10(7-12(13)21)4-2-3-5-30/h6-9,27,30H,3,5H2,1H3/t9-/m0/s1. The maximum absolute atomic E-state index is 14.8. The molecule has 0 unspecified atom stereocenters. The Morgan fingerprint density at radius 2 is 1.90 bits per heavy atom. The lowest BCUT2D eigenvalue weighted by Crippen LogP contribution is -2.34. The molecule has 0 bridgehead atoms. The van der Waals surface area contributed by atoms with Gasteiger partial charge in [-0.05, 0) is 19.1 Å². The first kappa shape index (κ1) is 21.7. The van der Waals surface area contributed by atoms with Crippen LogP contribution in [0.1, 0.15) is 18.9 Å². The number of hydrogen-bond donors (Lipinski definition) is 2. The van der Waals surface area contributed by atoms with Crippen LogP contribution in [0.15, 0.2) is 18.5 Å². The van der Waals surface area contributed by atoms with Gasteiger partial charge >= 0.3 is 6.18 Å². The summed E-state index contributed by atoms with van der Waals surface area (Å²) >= 11 is 6.08. The van der Waals surface area contributed by atoms with Crippen LogP contribution in [0.3, 0.4) is 0 Å². The van der Waals surface area contributed by atoms with E-state index in [1.807, 2.05) is 0 Å². The number of nitrogens with one attached hydrogen (secondary N) is 1. The summed E-state index contributed by atoms with van der Waals surface area (Å²) < 4.78 is 69.9. The van der Waals surface area contributed by atoms with E-state index in [-0.39, 0.29) is 24.4 Å². The summed E-state index contributed by atoms with van der Waals surface area (Å²) in [7, 11) is 0. The summed E-state index contributed by atoms with van der Waals surface area (Å²) in [5, 5.41) is 14.2. The number of aliphatic hydroxyl groups is 1. The van der Waals surface area contributed by atoms with E-state index in [1.54, 1.807) is 0 Å². The fourth-order valence-electron chi connectivity index (χ4n) is 2.56. The van der Waals surface area contributed by atoms with Crippen molar-refractivity contribution in [2.75, 3.05) is 11.9 Å². The first-order valence-corrected chi connectivity index (χ1v) is 8.83. The zero-order valence-electron chi connectivity index (χ0n) is 15.2. The molecule has 1 atom stereocenters. The lowest BCUT2D eigenvalue weighted by Gasteiger charge is -2.21. The third kappa shape index (κ3) is 4.29. The molecule has 0 radical (unpaired) electrons. The molecule has 2 heterocycles. The minimum atomic E-state index is -4.66. The Balaban J connectivity index is 2.22. The molecule has 0 saturated carbocycles. The molecular weight excluding hydrogens is 433 g/mol. The Morgan fingerprint density at radius 1 is 1.23 bits per heavy atom. The molecular formula is C18H13ClF5N5O. The van der Waals surface area contributed by atoms with Crippen molar-refractivity contribution in [2.45, 2.75) is 25.6 Å². The van der Waals surface area contributed by atoms with Gasteiger partial charge in [-0.15, -0.1) is 0 Å². The maximum Gasteiger partial charge on any atom is 0.408 e. The van der Waals surface area contributed by atoms with Crippen molar-refractivity contribution in [3.63, 3.8) is 0 Å². The summed E-state index contributed by atoms with van der Waals surface area (Å²) in [5.74, 6) is 2.18. The van der Waals surface area contributed by atoms with Crippen molar-refractivity contribution in [3.8, 4) is 23.0 Å². The fourth-order valence-corrected chi connectivity index (χ4v) is 2.82. The fraction of sp³-hybridized carbons (Fsp3) is 0.278. The van der Waals surface area contributed by atoms with Gasteiger partial charge in [-0.25, -0.2) is 8.78 Å². The molecule has 3 aromatic rings. The molecule has 6 nitrogen and oxygen atoms in total. The highest BCUT2D eigenvalue weighted by atomic mass is 35.5. The highest BCUT2D eigenvalue weighted by Crippen LogP contribution is 2.38. The minimum Gasteiger partial charge on any atom is -0.395 e. The van der Waals surface area contributed by atoms with Crippen LogP contribution < -0.4 is 5.32 Å². The largest absolute Gasteiger partial charge is 0.408 e. The predicted molar refractivity (Wildman–Crippen MR) is 98.9 cm³/mol. The van der Waals surface area contributed by atoms with Gasteiger partial charge in [0.1, 0.15) is 35.0 Å². The molecule has 30 heavy (non-hydrogen) atoms. The monoisotopic (exact) mass is 445 g/mol. The van der Waals surface area contributed by atoms with Gasteiger partial charge in [-0.3, -0.25) is 0 Å². The van der Waals surface area contributed by atoms with Crippen LogP contribution in [0.25, 0.3) is 16.9 Å². The predicted octanol–water partition coefficient (Wildman–Crippen LogP) is 3.82. The molecule has 158 valence electrons. The van der Waals surface area contributed by atoms with Crippen LogP contribution in [0.2, 0.25) is 5.15 Å². The number of anilines is 1. The van der Waals surface area contributed by atoms with Gasteiger partial charge in [-0.1, -0.05) is 23.4 Å². The molecule has 2 aromatic heterocycles. The number of nitrogens with zero attached hydrogens (tertiary/aromatic N) is 4. The highest BCUT2D eigenvalue weighted by Gasteiger charge is 2.37. The van der Waals surface area contributed by atoms with Crippen molar-refractivity contribution < 1.29 is 27.1 Å². The van der Waals surface area contributed by atoms with Crippen LogP contribution in [0, 0.1) is 23.5 Å². The van der Waals surface area contributed by atoms with Crippen LogP contribution in [-0.4, -0.2) is 43.5 Å². The molecule has 0 saturated heterocycles. The Labute approximate surface area is 171 Å². The number of benzene rings is 1. The minimum absolute atomic E-state index is 0.0220. The van der Waals surface area contributed by atoms with Crippen molar-refractivity contribution >= 4 is 23.2 Å². The molecule has 1 aromatic carbocycles. The van der Waals surface area contributed by atoms with Crippen molar-refractivity contribution in [3.05, 3.63) is 40.8 Å². The number of halogens is 6. The van der Waals surface area contributed by atoms with E-state index in [1.165, 1.54) is 0 Å². The summed E-state index contributed by atoms with van der Waals surface area (Å²) in [6.07, 6.45) is -3.55. The Hall–Kier alpha value is -2.97. The van der Waals surface area contributed by atoms with E-state index in [2.05, 4.69) is 32.2 Å². The normalized spacial score (nSPS) is 12.5. The van der Waals surface area contributed by atoms with E-state index in [0.29, 0.717) is 0 Å². The molecule has 0 aliphatic rings. The van der Waals surface area contributed by atoms with Crippen LogP contribution in [0.4, 0.5) is 27.8 Å². The Morgan fingerprint density at radius 3 is 2.50 bits per heavy atom. The van der Waals surface area contributed by atoms with E-state index < -0.39 is 46.0 Å². The van der Waals surface area contributed by atoms with Crippen molar-refractivity contribution in [2.24, 2.45) is 0 Å². The number of alkyl halides is 3. The lowest BCUT2D eigenvalue weighted by molar-refractivity contribution is -0.138. The highest BCUT2D eigenvalue weighted by molar-refractivity contribution is 6.33. The second kappa shape index (κ2) is 8.41. The van der Waals surface area contributed by atoms with Crippen LogP contribution in [0.5, 0.6) is 0 Å². The van der Waals surface area contributed by atoms with Crippen molar-refractivity contribution in [1.29, 1.82) is 0 Å². The zero-order valence-corrected chi connectivity index (χ0v) is 16.0. The topological polar surface area (TPSA) is 75.3 Å². The number of aromatic nitrogens is 4.